The van der Waals surface area contributed by atoms with Gasteiger partial charge in [0.05, 0.1) is 0 Å². The summed E-state index contributed by atoms with van der Waals surface area (Å²) in [4.78, 5) is 0. The second-order valence-corrected chi connectivity index (χ2v) is 5.35. The standard InChI is InChI=1S/C6H14N2.C6H10/c7-5-1-2-6(8)4-3-5;1-2-5(1)6-3-4-6/h5-6H,1-4,7-8H2;5-6H,1-4H2. The predicted molar refractivity (Wildman–Crippen MR) is 59.9 cm³/mol. The number of nitrogens with two attached hydrogens (primary N) is 2. The lowest BCUT2D eigenvalue weighted by atomic mass is 9.93. The fourth-order valence-corrected chi connectivity index (χ4v) is 2.28. The molecule has 4 N–H and O–H groups in total. The Morgan fingerprint density at radius 2 is 0.786 bits per heavy atom. The van der Waals surface area contributed by atoms with E-state index >= 15 is 0 Å². The molecule has 0 radical (unpaired) electrons. The molecule has 2 nitrogen and oxygen atoms in total. The molecule has 0 heterocycles. The molecule has 3 aliphatic rings. The van der Waals surface area contributed by atoms with Gasteiger partial charge in [-0.1, -0.05) is 0 Å². The SMILES string of the molecule is C1CC1C1CC1.NC1CCC(N)CC1. The molecule has 0 amide bonds. The molecule has 3 fully saturated rings. The van der Waals surface area contributed by atoms with E-state index in [4.69, 9.17) is 11.5 Å². The van der Waals surface area contributed by atoms with Crippen LogP contribution in [-0.4, -0.2) is 12.1 Å². The highest BCUT2D eigenvalue weighted by Gasteiger charge is 2.37. The average Bonchev–Trinajstić information content (AvgIpc) is 3.04. The summed E-state index contributed by atoms with van der Waals surface area (Å²) in [6, 6.07) is 0.879. The first-order valence-electron chi connectivity index (χ1n) is 6.27. The highest BCUT2D eigenvalue weighted by molar-refractivity contribution is 4.89. The maximum atomic E-state index is 5.64. The summed E-state index contributed by atoms with van der Waals surface area (Å²) in [6.45, 7) is 0. The average molecular weight is 196 g/mol. The highest BCUT2D eigenvalue weighted by atomic mass is 14.7. The van der Waals surface area contributed by atoms with Crippen molar-refractivity contribution < 1.29 is 0 Å². The lowest BCUT2D eigenvalue weighted by Gasteiger charge is -2.22. The molecule has 82 valence electrons. The van der Waals surface area contributed by atoms with Gasteiger partial charge in [0.15, 0.2) is 0 Å². The van der Waals surface area contributed by atoms with Crippen molar-refractivity contribution in [3.05, 3.63) is 0 Å². The lowest BCUT2D eigenvalue weighted by Crippen LogP contribution is -2.33. The third kappa shape index (κ3) is 3.58. The Kier molecular flexibility index (Phi) is 3.45. The molecule has 0 spiro atoms. The van der Waals surface area contributed by atoms with Crippen LogP contribution in [0, 0.1) is 11.8 Å². The smallest absolute Gasteiger partial charge is 0.00399 e. The van der Waals surface area contributed by atoms with Crippen molar-refractivity contribution in [1.82, 2.24) is 0 Å². The minimum absolute atomic E-state index is 0.440. The van der Waals surface area contributed by atoms with Gasteiger partial charge in [0.1, 0.15) is 0 Å². The van der Waals surface area contributed by atoms with Crippen LogP contribution in [0.15, 0.2) is 0 Å². The van der Waals surface area contributed by atoms with Crippen LogP contribution in [0.4, 0.5) is 0 Å². The largest absolute Gasteiger partial charge is 0.328 e. The van der Waals surface area contributed by atoms with Crippen molar-refractivity contribution in [1.29, 1.82) is 0 Å². The zero-order valence-electron chi connectivity index (χ0n) is 9.12. The molecule has 0 saturated heterocycles. The topological polar surface area (TPSA) is 52.0 Å². The first-order chi connectivity index (χ1) is 6.75. The fourth-order valence-electron chi connectivity index (χ4n) is 2.28. The Bertz CT molecular complexity index is 145. The zero-order chi connectivity index (χ0) is 9.97. The van der Waals surface area contributed by atoms with Gasteiger partial charge in [-0.2, -0.15) is 0 Å². The summed E-state index contributed by atoms with van der Waals surface area (Å²) in [5.41, 5.74) is 11.3. The quantitative estimate of drug-likeness (QED) is 0.674. The van der Waals surface area contributed by atoms with Crippen LogP contribution in [0.1, 0.15) is 51.4 Å². The van der Waals surface area contributed by atoms with Gasteiger partial charge in [0, 0.05) is 12.1 Å². The van der Waals surface area contributed by atoms with Crippen LogP contribution < -0.4 is 11.5 Å². The second kappa shape index (κ2) is 4.63. The van der Waals surface area contributed by atoms with Crippen molar-refractivity contribution in [3.8, 4) is 0 Å². The van der Waals surface area contributed by atoms with Gasteiger partial charge in [-0.05, 0) is 63.2 Å². The normalized spacial score (nSPS) is 37.3. The van der Waals surface area contributed by atoms with Crippen molar-refractivity contribution >= 4 is 0 Å². The molecule has 14 heavy (non-hydrogen) atoms. The van der Waals surface area contributed by atoms with Crippen LogP contribution in [-0.2, 0) is 0 Å². The first-order valence-corrected chi connectivity index (χ1v) is 6.27. The minimum atomic E-state index is 0.440. The van der Waals surface area contributed by atoms with Gasteiger partial charge in [0.2, 0.25) is 0 Å². The van der Waals surface area contributed by atoms with Gasteiger partial charge in [-0.25, -0.2) is 0 Å². The first kappa shape index (κ1) is 10.4. The summed E-state index contributed by atoms with van der Waals surface area (Å²) in [6.07, 6.45) is 10.7. The highest BCUT2D eigenvalue weighted by Crippen LogP contribution is 2.49. The molecule has 3 aliphatic carbocycles. The van der Waals surface area contributed by atoms with Crippen LogP contribution in [0.5, 0.6) is 0 Å². The van der Waals surface area contributed by atoms with Gasteiger partial charge < -0.3 is 11.5 Å². The monoisotopic (exact) mass is 196 g/mol. The van der Waals surface area contributed by atoms with Crippen LogP contribution in [0.2, 0.25) is 0 Å². The molecule has 0 aromatic carbocycles. The minimum Gasteiger partial charge on any atom is -0.328 e. The molecular formula is C12H24N2. The van der Waals surface area contributed by atoms with E-state index < -0.39 is 0 Å². The number of hydrogen-bond acceptors (Lipinski definition) is 2. The molecule has 0 aromatic rings. The van der Waals surface area contributed by atoms with Crippen LogP contribution in [0.3, 0.4) is 0 Å². The Morgan fingerprint density at radius 1 is 0.500 bits per heavy atom. The van der Waals surface area contributed by atoms with Gasteiger partial charge in [0.25, 0.3) is 0 Å². The van der Waals surface area contributed by atoms with Crippen LogP contribution in [0.25, 0.3) is 0 Å². The molecule has 0 atom stereocenters. The Labute approximate surface area is 87.4 Å². The van der Waals surface area contributed by atoms with Gasteiger partial charge in [-0.3, -0.25) is 0 Å². The zero-order valence-corrected chi connectivity index (χ0v) is 9.12. The maximum absolute atomic E-state index is 5.64. The lowest BCUT2D eigenvalue weighted by molar-refractivity contribution is 0.395. The molecule has 2 heteroatoms. The van der Waals surface area contributed by atoms with Gasteiger partial charge >= 0.3 is 0 Å². The third-order valence-electron chi connectivity index (χ3n) is 3.73. The third-order valence-corrected chi connectivity index (χ3v) is 3.73. The van der Waals surface area contributed by atoms with E-state index in [0.717, 1.165) is 25.7 Å². The summed E-state index contributed by atoms with van der Waals surface area (Å²) >= 11 is 0. The second-order valence-electron chi connectivity index (χ2n) is 5.35. The van der Waals surface area contributed by atoms with Gasteiger partial charge in [-0.15, -0.1) is 0 Å². The Morgan fingerprint density at radius 3 is 1.00 bits per heavy atom. The molecule has 0 aliphatic heterocycles. The van der Waals surface area contributed by atoms with Crippen molar-refractivity contribution in [2.45, 2.75) is 63.5 Å². The van der Waals surface area contributed by atoms with E-state index in [1.54, 1.807) is 25.7 Å². The molecule has 0 unspecified atom stereocenters. The fraction of sp³-hybridized carbons (Fsp3) is 1.00. The number of rotatable bonds is 1. The maximum Gasteiger partial charge on any atom is 0.00399 e. The van der Waals surface area contributed by atoms with Crippen molar-refractivity contribution in [3.63, 3.8) is 0 Å². The molecule has 3 saturated carbocycles. The van der Waals surface area contributed by atoms with E-state index in [2.05, 4.69) is 0 Å². The summed E-state index contributed by atoms with van der Waals surface area (Å²) in [5, 5.41) is 0. The Balaban J connectivity index is 0.000000110. The van der Waals surface area contributed by atoms with E-state index in [1.165, 1.54) is 11.8 Å². The number of hydrogen-bond donors (Lipinski definition) is 2. The van der Waals surface area contributed by atoms with Crippen LogP contribution >= 0.6 is 0 Å². The summed E-state index contributed by atoms with van der Waals surface area (Å²) < 4.78 is 0. The van der Waals surface area contributed by atoms with E-state index in [1.807, 2.05) is 0 Å². The van der Waals surface area contributed by atoms with E-state index in [9.17, 15) is 0 Å². The van der Waals surface area contributed by atoms with Crippen molar-refractivity contribution in [2.24, 2.45) is 23.3 Å². The predicted octanol–water partition coefficient (Wildman–Crippen LogP) is 2.02. The molecule has 0 bridgehead atoms. The molecule has 3 rings (SSSR count). The summed E-state index contributed by atoms with van der Waals surface area (Å²) in [7, 11) is 0. The van der Waals surface area contributed by atoms with E-state index in [-0.39, 0.29) is 0 Å². The Hall–Kier alpha value is -0.0800. The summed E-state index contributed by atoms with van der Waals surface area (Å²) in [5.74, 6) is 2.43. The van der Waals surface area contributed by atoms with E-state index in [0.29, 0.717) is 12.1 Å². The molecular weight excluding hydrogens is 172 g/mol. The van der Waals surface area contributed by atoms with Crippen molar-refractivity contribution in [2.75, 3.05) is 0 Å². The molecule has 0 aromatic heterocycles.